The van der Waals surface area contributed by atoms with E-state index in [9.17, 15) is 4.79 Å². The van der Waals surface area contributed by atoms with Crippen molar-refractivity contribution in [2.75, 3.05) is 13.2 Å². The number of hydrogen-bond donors (Lipinski definition) is 0. The van der Waals surface area contributed by atoms with Crippen molar-refractivity contribution in [2.45, 2.75) is 40.0 Å². The minimum Gasteiger partial charge on any atom is -0.476 e. The number of rotatable bonds is 5. The second-order valence-corrected chi connectivity index (χ2v) is 5.25. The van der Waals surface area contributed by atoms with Crippen LogP contribution in [-0.4, -0.2) is 24.2 Å². The molecule has 2 rings (SSSR count). The van der Waals surface area contributed by atoms with Crippen molar-refractivity contribution >= 4 is 5.97 Å². The molecule has 1 aromatic rings. The van der Waals surface area contributed by atoms with Crippen LogP contribution in [-0.2, 0) is 9.53 Å². The predicted molar refractivity (Wildman–Crippen MR) is 72.1 cm³/mol. The van der Waals surface area contributed by atoms with Crippen LogP contribution in [0.5, 0.6) is 5.88 Å². The average molecular weight is 263 g/mol. The molecule has 0 amide bonds. The van der Waals surface area contributed by atoms with Crippen LogP contribution in [0, 0.1) is 19.3 Å². The maximum absolute atomic E-state index is 12.0. The van der Waals surface area contributed by atoms with Crippen molar-refractivity contribution in [2.24, 2.45) is 5.41 Å². The first-order valence-electron chi connectivity index (χ1n) is 6.81. The summed E-state index contributed by atoms with van der Waals surface area (Å²) in [6, 6.07) is 1.91. The van der Waals surface area contributed by atoms with Gasteiger partial charge in [0.1, 0.15) is 12.0 Å². The van der Waals surface area contributed by atoms with Gasteiger partial charge in [0.25, 0.3) is 0 Å². The lowest BCUT2D eigenvalue weighted by molar-refractivity contribution is -0.163. The van der Waals surface area contributed by atoms with E-state index in [0.717, 1.165) is 30.4 Å². The van der Waals surface area contributed by atoms with Crippen LogP contribution in [0.25, 0.3) is 0 Å². The molecular formula is C15H21NO3. The van der Waals surface area contributed by atoms with Crippen molar-refractivity contribution in [3.63, 3.8) is 0 Å². The molecule has 0 saturated heterocycles. The number of carbonyl (C=O) groups excluding carboxylic acids is 1. The second kappa shape index (κ2) is 5.59. The monoisotopic (exact) mass is 263 g/mol. The highest BCUT2D eigenvalue weighted by Crippen LogP contribution is 2.42. The van der Waals surface area contributed by atoms with Gasteiger partial charge in [-0.05, 0) is 44.7 Å². The van der Waals surface area contributed by atoms with Crippen LogP contribution >= 0.6 is 0 Å². The molecule has 0 aromatic carbocycles. The Hall–Kier alpha value is -1.58. The van der Waals surface area contributed by atoms with Crippen molar-refractivity contribution < 1.29 is 14.3 Å². The molecule has 1 aliphatic carbocycles. The Bertz CT molecular complexity index is 466. The standard InChI is InChI=1S/C15H21NO3/c1-4-18-14(17)15(6-5-7-15)10-19-13-8-11(2)12(3)9-16-13/h8-9H,4-7,10H2,1-3H3. The molecule has 4 heteroatoms. The molecule has 1 aliphatic rings. The number of carbonyl (C=O) groups is 1. The molecule has 0 atom stereocenters. The fourth-order valence-electron chi connectivity index (χ4n) is 2.18. The smallest absolute Gasteiger partial charge is 0.315 e. The first-order valence-corrected chi connectivity index (χ1v) is 6.81. The van der Waals surface area contributed by atoms with Crippen LogP contribution in [0.4, 0.5) is 0 Å². The maximum atomic E-state index is 12.0. The number of aromatic nitrogens is 1. The molecule has 0 aliphatic heterocycles. The van der Waals surface area contributed by atoms with Crippen molar-refractivity contribution in [3.8, 4) is 5.88 Å². The maximum Gasteiger partial charge on any atom is 0.315 e. The van der Waals surface area contributed by atoms with Gasteiger partial charge >= 0.3 is 5.97 Å². The molecule has 1 fully saturated rings. The number of ether oxygens (including phenoxy) is 2. The molecule has 0 unspecified atom stereocenters. The Balaban J connectivity index is 2.00. The van der Waals surface area contributed by atoms with E-state index < -0.39 is 5.41 Å². The zero-order valence-corrected chi connectivity index (χ0v) is 11.9. The lowest BCUT2D eigenvalue weighted by Crippen LogP contribution is -2.44. The summed E-state index contributed by atoms with van der Waals surface area (Å²) < 4.78 is 10.8. The van der Waals surface area contributed by atoms with Crippen molar-refractivity contribution in [1.29, 1.82) is 0 Å². The molecule has 1 heterocycles. The quantitative estimate of drug-likeness (QED) is 0.766. The molecule has 0 bridgehead atoms. The minimum atomic E-state index is -0.448. The third-order valence-corrected chi connectivity index (χ3v) is 3.86. The Labute approximate surface area is 114 Å². The summed E-state index contributed by atoms with van der Waals surface area (Å²) in [5.74, 6) is 0.448. The van der Waals surface area contributed by atoms with Gasteiger partial charge in [0, 0.05) is 12.3 Å². The molecule has 1 aromatic heterocycles. The molecule has 104 valence electrons. The molecule has 0 radical (unpaired) electrons. The fourth-order valence-corrected chi connectivity index (χ4v) is 2.18. The molecule has 4 nitrogen and oxygen atoms in total. The average Bonchev–Trinajstić information content (AvgIpc) is 2.32. The summed E-state index contributed by atoms with van der Waals surface area (Å²) in [6.07, 6.45) is 4.54. The molecule has 19 heavy (non-hydrogen) atoms. The molecule has 0 spiro atoms. The molecule has 1 saturated carbocycles. The normalized spacial score (nSPS) is 16.6. The van der Waals surface area contributed by atoms with Gasteiger partial charge in [0.2, 0.25) is 5.88 Å². The van der Waals surface area contributed by atoms with Crippen LogP contribution in [0.15, 0.2) is 12.3 Å². The van der Waals surface area contributed by atoms with Crippen molar-refractivity contribution in [3.05, 3.63) is 23.4 Å². The zero-order chi connectivity index (χ0) is 13.9. The van der Waals surface area contributed by atoms with E-state index in [2.05, 4.69) is 4.98 Å². The van der Waals surface area contributed by atoms with Crippen LogP contribution in [0.2, 0.25) is 0 Å². The lowest BCUT2D eigenvalue weighted by atomic mass is 9.69. The van der Waals surface area contributed by atoms with E-state index >= 15 is 0 Å². The predicted octanol–water partition coefficient (Wildman–Crippen LogP) is 2.81. The van der Waals surface area contributed by atoms with E-state index in [0.29, 0.717) is 19.1 Å². The minimum absolute atomic E-state index is 0.134. The van der Waals surface area contributed by atoms with E-state index in [1.807, 2.05) is 26.8 Å². The number of nitrogens with zero attached hydrogens (tertiary/aromatic N) is 1. The summed E-state index contributed by atoms with van der Waals surface area (Å²) >= 11 is 0. The van der Waals surface area contributed by atoms with E-state index in [4.69, 9.17) is 9.47 Å². The summed E-state index contributed by atoms with van der Waals surface area (Å²) in [5.41, 5.74) is 1.83. The number of esters is 1. The first kappa shape index (κ1) is 13.8. The van der Waals surface area contributed by atoms with Crippen LogP contribution < -0.4 is 4.74 Å². The van der Waals surface area contributed by atoms with Gasteiger partial charge in [-0.1, -0.05) is 6.42 Å². The third kappa shape index (κ3) is 2.88. The Morgan fingerprint density at radius 2 is 2.11 bits per heavy atom. The topological polar surface area (TPSA) is 48.4 Å². The summed E-state index contributed by atoms with van der Waals surface area (Å²) in [5, 5.41) is 0. The number of aryl methyl sites for hydroxylation is 2. The largest absolute Gasteiger partial charge is 0.476 e. The van der Waals surface area contributed by atoms with Crippen LogP contribution in [0.3, 0.4) is 0 Å². The first-order chi connectivity index (χ1) is 9.07. The summed E-state index contributed by atoms with van der Waals surface area (Å²) in [4.78, 5) is 16.2. The van der Waals surface area contributed by atoms with Gasteiger partial charge in [0.15, 0.2) is 0 Å². The van der Waals surface area contributed by atoms with Gasteiger partial charge < -0.3 is 9.47 Å². The van der Waals surface area contributed by atoms with Crippen LogP contribution in [0.1, 0.15) is 37.3 Å². The Morgan fingerprint density at radius 1 is 1.37 bits per heavy atom. The van der Waals surface area contributed by atoms with Crippen molar-refractivity contribution in [1.82, 2.24) is 4.98 Å². The summed E-state index contributed by atoms with van der Waals surface area (Å²) in [6.45, 7) is 6.65. The van der Waals surface area contributed by atoms with Gasteiger partial charge in [-0.25, -0.2) is 4.98 Å². The van der Waals surface area contributed by atoms with E-state index in [1.54, 1.807) is 6.20 Å². The van der Waals surface area contributed by atoms with Gasteiger partial charge in [-0.3, -0.25) is 4.79 Å². The van der Waals surface area contributed by atoms with Gasteiger partial charge in [-0.15, -0.1) is 0 Å². The highest BCUT2D eigenvalue weighted by Gasteiger charge is 2.46. The summed E-state index contributed by atoms with van der Waals surface area (Å²) in [7, 11) is 0. The number of pyridine rings is 1. The SMILES string of the molecule is CCOC(=O)C1(COc2cc(C)c(C)cn2)CCC1. The van der Waals surface area contributed by atoms with E-state index in [1.165, 1.54) is 0 Å². The van der Waals surface area contributed by atoms with Gasteiger partial charge in [0.05, 0.1) is 6.61 Å². The zero-order valence-electron chi connectivity index (χ0n) is 11.9. The fraction of sp³-hybridized carbons (Fsp3) is 0.600. The van der Waals surface area contributed by atoms with Gasteiger partial charge in [-0.2, -0.15) is 0 Å². The highest BCUT2D eigenvalue weighted by molar-refractivity contribution is 5.78. The Morgan fingerprint density at radius 3 is 2.63 bits per heavy atom. The molecule has 0 N–H and O–H groups in total. The molecular weight excluding hydrogens is 242 g/mol. The lowest BCUT2D eigenvalue weighted by Gasteiger charge is -2.38. The number of hydrogen-bond acceptors (Lipinski definition) is 4. The second-order valence-electron chi connectivity index (χ2n) is 5.25. The van der Waals surface area contributed by atoms with E-state index in [-0.39, 0.29) is 5.97 Å². The Kier molecular flexibility index (Phi) is 4.08. The highest BCUT2D eigenvalue weighted by atomic mass is 16.5. The third-order valence-electron chi connectivity index (χ3n) is 3.86.